The molecule has 0 saturated carbocycles. The van der Waals surface area contributed by atoms with Gasteiger partial charge in [0.15, 0.2) is 5.79 Å². The molecule has 0 aliphatic carbocycles. The molecule has 1 N–H and O–H groups in total. The van der Waals surface area contributed by atoms with Gasteiger partial charge in [-0.1, -0.05) is 53.6 Å². The zero-order valence-corrected chi connectivity index (χ0v) is 20.2. The van der Waals surface area contributed by atoms with E-state index >= 15 is 0 Å². The van der Waals surface area contributed by atoms with E-state index in [4.69, 9.17) is 19.0 Å². The van der Waals surface area contributed by atoms with Crippen molar-refractivity contribution in [3.8, 4) is 0 Å². The SMILES string of the molecule is COC(=O)[C@H]1C([C@H]2COC(C)(C)O2)N(Cc2ccccc2)O[C@]1(C)/N=N/C(=O)Nc1ccccc1. The minimum Gasteiger partial charge on any atom is -0.469 e. The molecule has 0 bridgehead atoms. The molecule has 0 spiro atoms. The van der Waals surface area contributed by atoms with Crippen LogP contribution >= 0.6 is 0 Å². The van der Waals surface area contributed by atoms with Crippen molar-refractivity contribution in [2.24, 2.45) is 16.1 Å². The number of para-hydroxylation sites is 1. The molecule has 4 atom stereocenters. The molecule has 35 heavy (non-hydrogen) atoms. The van der Waals surface area contributed by atoms with Crippen LogP contribution in [0.3, 0.4) is 0 Å². The van der Waals surface area contributed by atoms with Crippen LogP contribution in [-0.2, 0) is 30.4 Å². The van der Waals surface area contributed by atoms with Crippen LogP contribution in [0.15, 0.2) is 70.9 Å². The van der Waals surface area contributed by atoms with Crippen molar-refractivity contribution in [1.29, 1.82) is 0 Å². The number of hydrogen-bond donors (Lipinski definition) is 1. The zero-order chi connectivity index (χ0) is 25.1. The van der Waals surface area contributed by atoms with Crippen molar-refractivity contribution in [3.05, 3.63) is 66.2 Å². The second-order valence-corrected chi connectivity index (χ2v) is 9.06. The Morgan fingerprint density at radius 3 is 2.34 bits per heavy atom. The number of amides is 2. The molecular weight excluding hydrogens is 452 g/mol. The van der Waals surface area contributed by atoms with Crippen molar-refractivity contribution < 1.29 is 28.6 Å². The van der Waals surface area contributed by atoms with Gasteiger partial charge in [0.25, 0.3) is 0 Å². The second kappa shape index (κ2) is 10.2. The summed E-state index contributed by atoms with van der Waals surface area (Å²) < 4.78 is 17.0. The maximum atomic E-state index is 13.1. The zero-order valence-electron chi connectivity index (χ0n) is 20.2. The van der Waals surface area contributed by atoms with Crippen LogP contribution in [0.25, 0.3) is 0 Å². The molecule has 10 nitrogen and oxygen atoms in total. The number of ether oxygens (including phenoxy) is 3. The summed E-state index contributed by atoms with van der Waals surface area (Å²) in [6.45, 7) is 5.82. The molecule has 1 unspecified atom stereocenters. The van der Waals surface area contributed by atoms with E-state index in [2.05, 4.69) is 15.5 Å². The lowest BCUT2D eigenvalue weighted by atomic mass is 9.87. The van der Waals surface area contributed by atoms with E-state index in [-0.39, 0.29) is 6.61 Å². The van der Waals surface area contributed by atoms with Gasteiger partial charge in [-0.25, -0.2) is 4.79 Å². The highest BCUT2D eigenvalue weighted by atomic mass is 16.8. The molecule has 2 aromatic rings. The first kappa shape index (κ1) is 24.9. The maximum absolute atomic E-state index is 13.1. The van der Waals surface area contributed by atoms with E-state index in [9.17, 15) is 9.59 Å². The first-order chi connectivity index (χ1) is 16.7. The summed E-state index contributed by atoms with van der Waals surface area (Å²) in [5.74, 6) is -2.31. The van der Waals surface area contributed by atoms with Gasteiger partial charge in [-0.15, -0.1) is 5.11 Å². The van der Waals surface area contributed by atoms with Gasteiger partial charge in [0.05, 0.1) is 19.8 Å². The van der Waals surface area contributed by atoms with Crippen LogP contribution < -0.4 is 5.32 Å². The molecule has 0 aromatic heterocycles. The number of carbonyl (C=O) groups is 2. The number of esters is 1. The van der Waals surface area contributed by atoms with Crippen LogP contribution in [0.1, 0.15) is 26.3 Å². The van der Waals surface area contributed by atoms with Crippen molar-refractivity contribution in [3.63, 3.8) is 0 Å². The number of carbonyl (C=O) groups excluding carboxylic acids is 2. The minimum absolute atomic E-state index is 0.252. The van der Waals surface area contributed by atoms with E-state index in [0.29, 0.717) is 12.2 Å². The van der Waals surface area contributed by atoms with Crippen LogP contribution in [0.2, 0.25) is 0 Å². The third-order valence-corrected chi connectivity index (χ3v) is 5.97. The Labute approximate surface area is 204 Å². The van der Waals surface area contributed by atoms with Crippen molar-refractivity contribution >= 4 is 17.7 Å². The standard InChI is InChI=1S/C25H30N4O6/c1-24(2)33-16-19(34-24)21-20(22(30)32-4)25(3,35-29(21)15-17-11-7-5-8-12-17)28-27-23(31)26-18-13-9-6-10-14-18/h5-14,19-21H,15-16H2,1-4H3,(H,26,31)/b28-27+/t19-,20-,21?,25+/m1/s1. The summed E-state index contributed by atoms with van der Waals surface area (Å²) in [4.78, 5) is 31.8. The molecule has 2 heterocycles. The lowest BCUT2D eigenvalue weighted by molar-refractivity contribution is -0.220. The van der Waals surface area contributed by atoms with Gasteiger partial charge in [0, 0.05) is 12.2 Å². The maximum Gasteiger partial charge on any atom is 0.363 e. The average molecular weight is 483 g/mol. The van der Waals surface area contributed by atoms with E-state index in [1.165, 1.54) is 7.11 Å². The fraction of sp³-hybridized carbons (Fsp3) is 0.440. The summed E-state index contributed by atoms with van der Waals surface area (Å²) >= 11 is 0. The Bertz CT molecular complexity index is 1060. The second-order valence-electron chi connectivity index (χ2n) is 9.06. The predicted octanol–water partition coefficient (Wildman–Crippen LogP) is 4.14. The third kappa shape index (κ3) is 5.73. The fourth-order valence-electron chi connectivity index (χ4n) is 4.40. The van der Waals surface area contributed by atoms with Crippen LogP contribution in [0.5, 0.6) is 0 Å². The molecule has 2 fully saturated rings. The number of rotatable bonds is 6. The number of nitrogens with one attached hydrogen (secondary N) is 1. The number of hydrogen-bond acceptors (Lipinski definition) is 8. The van der Waals surface area contributed by atoms with Gasteiger partial charge in [-0.3, -0.25) is 9.63 Å². The van der Waals surface area contributed by atoms with Crippen molar-refractivity contribution in [2.75, 3.05) is 19.0 Å². The van der Waals surface area contributed by atoms with E-state index in [0.717, 1.165) is 5.56 Å². The van der Waals surface area contributed by atoms with Gasteiger partial charge in [-0.05, 0) is 38.5 Å². The first-order valence-electron chi connectivity index (χ1n) is 11.4. The average Bonchev–Trinajstić information content (AvgIpc) is 3.34. The number of hydroxylamine groups is 2. The van der Waals surface area contributed by atoms with Crippen molar-refractivity contribution in [2.45, 2.75) is 51.0 Å². The largest absolute Gasteiger partial charge is 0.469 e. The van der Waals surface area contributed by atoms with Gasteiger partial charge in [0.1, 0.15) is 12.0 Å². The predicted molar refractivity (Wildman–Crippen MR) is 126 cm³/mol. The molecule has 186 valence electrons. The normalized spacial score (nSPS) is 28.3. The Morgan fingerprint density at radius 1 is 1.09 bits per heavy atom. The summed E-state index contributed by atoms with van der Waals surface area (Å²) in [6.07, 6.45) is -0.506. The summed E-state index contributed by atoms with van der Waals surface area (Å²) in [7, 11) is 1.30. The summed E-state index contributed by atoms with van der Waals surface area (Å²) in [5.41, 5.74) is 0.0134. The minimum atomic E-state index is -1.52. The number of nitrogens with zero attached hydrogens (tertiary/aromatic N) is 3. The summed E-state index contributed by atoms with van der Waals surface area (Å²) in [5, 5.41) is 12.3. The quantitative estimate of drug-likeness (QED) is 0.486. The topological polar surface area (TPSA) is 111 Å². The summed E-state index contributed by atoms with van der Waals surface area (Å²) in [6, 6.07) is 17.2. The van der Waals surface area contributed by atoms with Crippen molar-refractivity contribution in [1.82, 2.24) is 5.06 Å². The highest BCUT2D eigenvalue weighted by molar-refractivity contribution is 5.89. The van der Waals surface area contributed by atoms with E-state index in [1.54, 1.807) is 36.3 Å². The molecular formula is C25H30N4O6. The Kier molecular flexibility index (Phi) is 7.27. The molecule has 0 radical (unpaired) electrons. The van der Waals surface area contributed by atoms with Gasteiger partial charge < -0.3 is 19.5 Å². The number of azo groups is 1. The Balaban J connectivity index is 1.64. The van der Waals surface area contributed by atoms with E-state index in [1.807, 2.05) is 50.2 Å². The lowest BCUT2D eigenvalue weighted by Crippen LogP contribution is -2.48. The van der Waals surface area contributed by atoms with Gasteiger partial charge in [-0.2, -0.15) is 5.06 Å². The number of urea groups is 1. The molecule has 2 aliphatic rings. The van der Waals surface area contributed by atoms with Crippen LogP contribution in [-0.4, -0.2) is 54.4 Å². The fourth-order valence-corrected chi connectivity index (χ4v) is 4.40. The van der Waals surface area contributed by atoms with Gasteiger partial charge in [0.2, 0.25) is 5.72 Å². The first-order valence-corrected chi connectivity index (χ1v) is 11.4. The lowest BCUT2D eigenvalue weighted by Gasteiger charge is -2.29. The highest BCUT2D eigenvalue weighted by Gasteiger charge is 2.61. The molecule has 4 rings (SSSR count). The molecule has 2 aliphatic heterocycles. The highest BCUT2D eigenvalue weighted by Crippen LogP contribution is 2.44. The van der Waals surface area contributed by atoms with Gasteiger partial charge >= 0.3 is 12.0 Å². The molecule has 10 heteroatoms. The molecule has 2 saturated heterocycles. The molecule has 2 amide bonds. The number of methoxy groups -OCH3 is 1. The smallest absolute Gasteiger partial charge is 0.363 e. The van der Waals surface area contributed by atoms with Crippen LogP contribution in [0.4, 0.5) is 10.5 Å². The Morgan fingerprint density at radius 2 is 1.74 bits per heavy atom. The monoisotopic (exact) mass is 482 g/mol. The Hall–Kier alpha value is -3.18. The number of benzene rings is 2. The van der Waals surface area contributed by atoms with Crippen LogP contribution in [0, 0.1) is 5.92 Å². The third-order valence-electron chi connectivity index (χ3n) is 5.97. The number of anilines is 1. The van der Waals surface area contributed by atoms with E-state index < -0.39 is 41.6 Å². The molecule has 2 aromatic carbocycles.